The number of para-hydroxylation sites is 2. The van der Waals surface area contributed by atoms with Gasteiger partial charge in [0.05, 0.1) is 27.3 Å². The largest absolute Gasteiger partial charge is 0.505 e. The quantitative estimate of drug-likeness (QED) is 0.566. The van der Waals surface area contributed by atoms with Crippen LogP contribution in [0.3, 0.4) is 0 Å². The zero-order valence-corrected chi connectivity index (χ0v) is 12.4. The smallest absolute Gasteiger partial charge is 0.149 e. The van der Waals surface area contributed by atoms with Gasteiger partial charge in [0.15, 0.2) is 0 Å². The van der Waals surface area contributed by atoms with E-state index in [0.29, 0.717) is 22.1 Å². The van der Waals surface area contributed by atoms with Crippen molar-refractivity contribution in [1.82, 2.24) is 9.55 Å². The molecule has 0 aliphatic carbocycles. The number of nitrogen functional groups attached to an aromatic ring is 1. The van der Waals surface area contributed by atoms with Crippen LogP contribution in [0.2, 0.25) is 5.02 Å². The van der Waals surface area contributed by atoms with E-state index in [9.17, 15) is 5.11 Å². The maximum Gasteiger partial charge on any atom is 0.149 e. The SMILES string of the molecule is CCCn1c(-c2cccc(N)c2O)nc2cccc(Cl)c21. The Hall–Kier alpha value is -2.20. The second-order valence-electron chi connectivity index (χ2n) is 4.94. The molecular formula is C16H16ClN3O. The van der Waals surface area contributed by atoms with Crippen molar-refractivity contribution in [3.8, 4) is 17.1 Å². The summed E-state index contributed by atoms with van der Waals surface area (Å²) in [5.74, 6) is 0.742. The number of anilines is 1. The maximum atomic E-state index is 10.2. The standard InChI is InChI=1S/C16H16ClN3O/c1-2-9-20-14-11(17)6-4-8-13(14)19-16(20)10-5-3-7-12(18)15(10)21/h3-8,21H,2,9,18H2,1H3. The highest BCUT2D eigenvalue weighted by molar-refractivity contribution is 6.35. The molecule has 1 aromatic heterocycles. The molecule has 1 heterocycles. The molecule has 0 amide bonds. The molecule has 5 heteroatoms. The van der Waals surface area contributed by atoms with Crippen molar-refractivity contribution in [2.75, 3.05) is 5.73 Å². The Bertz CT molecular complexity index is 811. The van der Waals surface area contributed by atoms with E-state index < -0.39 is 0 Å². The number of nitrogens with two attached hydrogens (primary N) is 1. The summed E-state index contributed by atoms with van der Waals surface area (Å²) in [5, 5.41) is 10.9. The maximum absolute atomic E-state index is 10.2. The topological polar surface area (TPSA) is 64.1 Å². The van der Waals surface area contributed by atoms with E-state index in [0.717, 1.165) is 24.0 Å². The fourth-order valence-electron chi connectivity index (χ4n) is 2.53. The molecule has 0 saturated heterocycles. The molecule has 0 unspecified atom stereocenters. The highest BCUT2D eigenvalue weighted by atomic mass is 35.5. The minimum absolute atomic E-state index is 0.0567. The van der Waals surface area contributed by atoms with E-state index in [1.165, 1.54) is 0 Å². The fraction of sp³-hybridized carbons (Fsp3) is 0.188. The van der Waals surface area contributed by atoms with Crippen LogP contribution in [-0.4, -0.2) is 14.7 Å². The zero-order valence-electron chi connectivity index (χ0n) is 11.7. The number of aromatic nitrogens is 2. The summed E-state index contributed by atoms with van der Waals surface area (Å²) in [6.45, 7) is 2.86. The van der Waals surface area contributed by atoms with Gasteiger partial charge in [-0.1, -0.05) is 30.7 Å². The van der Waals surface area contributed by atoms with Crippen LogP contribution in [0.5, 0.6) is 5.75 Å². The van der Waals surface area contributed by atoms with Crippen LogP contribution in [0.25, 0.3) is 22.4 Å². The number of nitrogens with zero attached hydrogens (tertiary/aromatic N) is 2. The Labute approximate surface area is 127 Å². The first kappa shape index (κ1) is 13.8. The molecule has 0 saturated carbocycles. The Kier molecular flexibility index (Phi) is 3.47. The lowest BCUT2D eigenvalue weighted by Crippen LogP contribution is -2.01. The molecule has 0 atom stereocenters. The number of aromatic hydroxyl groups is 1. The van der Waals surface area contributed by atoms with Crippen LogP contribution >= 0.6 is 11.6 Å². The highest BCUT2D eigenvalue weighted by Crippen LogP contribution is 2.36. The summed E-state index contributed by atoms with van der Waals surface area (Å²) in [5.41, 5.74) is 8.46. The van der Waals surface area contributed by atoms with Crippen LogP contribution in [0.15, 0.2) is 36.4 Å². The van der Waals surface area contributed by atoms with Crippen LogP contribution in [0, 0.1) is 0 Å². The second-order valence-corrected chi connectivity index (χ2v) is 5.35. The number of rotatable bonds is 3. The molecule has 0 bridgehead atoms. The summed E-state index contributed by atoms with van der Waals surface area (Å²) in [4.78, 5) is 4.63. The van der Waals surface area contributed by atoms with E-state index in [-0.39, 0.29) is 5.75 Å². The summed E-state index contributed by atoms with van der Waals surface area (Å²) >= 11 is 6.32. The number of phenolic OH excluding ortho intramolecular Hbond substituents is 1. The molecule has 21 heavy (non-hydrogen) atoms. The van der Waals surface area contributed by atoms with E-state index in [1.807, 2.05) is 34.9 Å². The van der Waals surface area contributed by atoms with Crippen molar-refractivity contribution in [3.63, 3.8) is 0 Å². The number of fused-ring (bicyclic) bond motifs is 1. The van der Waals surface area contributed by atoms with Gasteiger partial charge in [0.25, 0.3) is 0 Å². The number of halogens is 1. The predicted octanol–water partition coefficient (Wildman–Crippen LogP) is 4.05. The van der Waals surface area contributed by atoms with Gasteiger partial charge >= 0.3 is 0 Å². The molecule has 3 N–H and O–H groups in total. The van der Waals surface area contributed by atoms with E-state index in [1.54, 1.807) is 6.07 Å². The van der Waals surface area contributed by atoms with Crippen LogP contribution in [-0.2, 0) is 6.54 Å². The molecule has 0 radical (unpaired) electrons. The van der Waals surface area contributed by atoms with Crippen molar-refractivity contribution in [2.45, 2.75) is 19.9 Å². The second kappa shape index (κ2) is 5.30. The molecule has 0 spiro atoms. The average Bonchev–Trinajstić information content (AvgIpc) is 2.82. The molecular weight excluding hydrogens is 286 g/mol. The van der Waals surface area contributed by atoms with Gasteiger partial charge in [-0.3, -0.25) is 0 Å². The first-order valence-corrected chi connectivity index (χ1v) is 7.24. The number of phenols is 1. The Balaban J connectivity index is 2.34. The lowest BCUT2D eigenvalue weighted by molar-refractivity contribution is 0.479. The third kappa shape index (κ3) is 2.21. The van der Waals surface area contributed by atoms with Gasteiger partial charge < -0.3 is 15.4 Å². The zero-order chi connectivity index (χ0) is 15.0. The Morgan fingerprint density at radius 3 is 2.76 bits per heavy atom. The molecule has 3 rings (SSSR count). The molecule has 2 aromatic carbocycles. The minimum Gasteiger partial charge on any atom is -0.505 e. The number of hydrogen-bond donors (Lipinski definition) is 2. The Morgan fingerprint density at radius 2 is 2.00 bits per heavy atom. The van der Waals surface area contributed by atoms with Crippen molar-refractivity contribution in [2.24, 2.45) is 0 Å². The normalized spacial score (nSPS) is 11.1. The molecule has 0 fully saturated rings. The number of imidazole rings is 1. The van der Waals surface area contributed by atoms with Gasteiger partial charge in [-0.15, -0.1) is 0 Å². The molecule has 108 valence electrons. The molecule has 0 aliphatic rings. The van der Waals surface area contributed by atoms with Crippen LogP contribution in [0.1, 0.15) is 13.3 Å². The summed E-state index contributed by atoms with van der Waals surface area (Å²) in [6.07, 6.45) is 0.937. The van der Waals surface area contributed by atoms with Crippen molar-refractivity contribution in [1.29, 1.82) is 0 Å². The average molecular weight is 302 g/mol. The van der Waals surface area contributed by atoms with Crippen LogP contribution < -0.4 is 5.73 Å². The van der Waals surface area contributed by atoms with Gasteiger partial charge in [-0.25, -0.2) is 4.98 Å². The molecule has 4 nitrogen and oxygen atoms in total. The summed E-state index contributed by atoms with van der Waals surface area (Å²) < 4.78 is 2.03. The predicted molar refractivity (Wildman–Crippen MR) is 86.5 cm³/mol. The monoisotopic (exact) mass is 301 g/mol. The third-order valence-corrected chi connectivity index (χ3v) is 3.78. The van der Waals surface area contributed by atoms with Crippen molar-refractivity contribution >= 4 is 28.3 Å². The molecule has 3 aromatic rings. The number of hydrogen-bond acceptors (Lipinski definition) is 3. The van der Waals surface area contributed by atoms with Gasteiger partial charge in [0.1, 0.15) is 11.6 Å². The van der Waals surface area contributed by atoms with Gasteiger partial charge in [-0.2, -0.15) is 0 Å². The van der Waals surface area contributed by atoms with E-state index in [2.05, 4.69) is 11.9 Å². The summed E-state index contributed by atoms with van der Waals surface area (Å²) in [6, 6.07) is 10.9. The Morgan fingerprint density at radius 1 is 1.24 bits per heavy atom. The highest BCUT2D eigenvalue weighted by Gasteiger charge is 2.17. The van der Waals surface area contributed by atoms with E-state index in [4.69, 9.17) is 17.3 Å². The molecule has 0 aliphatic heterocycles. The first-order valence-electron chi connectivity index (χ1n) is 6.86. The lowest BCUT2D eigenvalue weighted by Gasteiger charge is -2.10. The van der Waals surface area contributed by atoms with Gasteiger partial charge in [0.2, 0.25) is 0 Å². The lowest BCUT2D eigenvalue weighted by atomic mass is 10.1. The first-order chi connectivity index (χ1) is 10.1. The van der Waals surface area contributed by atoms with E-state index >= 15 is 0 Å². The van der Waals surface area contributed by atoms with Gasteiger partial charge in [-0.05, 0) is 30.7 Å². The summed E-state index contributed by atoms with van der Waals surface area (Å²) in [7, 11) is 0. The van der Waals surface area contributed by atoms with Gasteiger partial charge in [0, 0.05) is 6.54 Å². The third-order valence-electron chi connectivity index (χ3n) is 3.47. The fourth-order valence-corrected chi connectivity index (χ4v) is 2.80. The van der Waals surface area contributed by atoms with Crippen LogP contribution in [0.4, 0.5) is 5.69 Å². The number of benzene rings is 2. The van der Waals surface area contributed by atoms with Crippen molar-refractivity contribution < 1.29 is 5.11 Å². The van der Waals surface area contributed by atoms with Crippen molar-refractivity contribution in [3.05, 3.63) is 41.4 Å². The number of aryl methyl sites for hydroxylation is 1. The minimum atomic E-state index is 0.0567.